The number of hydrogen-bond acceptors (Lipinski definition) is 5. The molecule has 3 heterocycles. The van der Waals surface area contributed by atoms with Crippen LogP contribution in [0.5, 0.6) is 0 Å². The molecule has 1 aliphatic rings. The van der Waals surface area contributed by atoms with Crippen molar-refractivity contribution in [2.24, 2.45) is 0 Å². The Labute approximate surface area is 203 Å². The third-order valence-corrected chi connectivity index (χ3v) is 8.18. The van der Waals surface area contributed by atoms with Crippen LogP contribution in [0.4, 0.5) is 0 Å². The number of aryl methyl sites for hydroxylation is 1. The molecule has 0 bridgehead atoms. The van der Waals surface area contributed by atoms with Crippen LogP contribution in [0.25, 0.3) is 22.2 Å². The molecule has 0 saturated carbocycles. The van der Waals surface area contributed by atoms with Gasteiger partial charge in [0.25, 0.3) is 10.0 Å². The average molecular weight is 495 g/mol. The van der Waals surface area contributed by atoms with Gasteiger partial charge < -0.3 is 4.42 Å². The van der Waals surface area contributed by atoms with Gasteiger partial charge in [-0.25, -0.2) is 8.42 Å². The second-order valence-corrected chi connectivity index (χ2v) is 10.7. The quantitative estimate of drug-likeness (QED) is 0.338. The number of para-hydroxylation sites is 1. The zero-order valence-corrected chi connectivity index (χ0v) is 19.9. The van der Waals surface area contributed by atoms with Gasteiger partial charge in [0.15, 0.2) is 5.78 Å². The SMILES string of the molecule is O=C(CCc1ccnc(-c2ccc(Cl)cc2)c1)[C@@H]1CCCN1S(=O)(=O)c1cc2ccccc2o1. The molecule has 1 saturated heterocycles. The van der Waals surface area contributed by atoms with Gasteiger partial charge in [-0.3, -0.25) is 9.78 Å². The van der Waals surface area contributed by atoms with Crippen LogP contribution in [0, 0.1) is 0 Å². The van der Waals surface area contributed by atoms with Crippen LogP contribution in [-0.4, -0.2) is 36.1 Å². The maximum Gasteiger partial charge on any atom is 0.277 e. The van der Waals surface area contributed by atoms with E-state index < -0.39 is 16.1 Å². The summed E-state index contributed by atoms with van der Waals surface area (Å²) < 4.78 is 33.5. The Bertz CT molecular complexity index is 1410. The van der Waals surface area contributed by atoms with E-state index in [2.05, 4.69) is 4.98 Å². The molecular weight excluding hydrogens is 472 g/mol. The molecule has 0 amide bonds. The summed E-state index contributed by atoms with van der Waals surface area (Å²) in [6, 6.07) is 19.3. The zero-order valence-electron chi connectivity index (χ0n) is 18.4. The standard InChI is InChI=1S/C26H23ClN2O4S/c27-21-10-8-19(9-11-21)22-16-18(13-14-28-22)7-12-24(30)23-5-3-15-29(23)34(31,32)26-17-20-4-1-2-6-25(20)33-26/h1-2,4,6,8-11,13-14,16-17,23H,3,5,7,12,15H2/t23-/m0/s1. The Morgan fingerprint density at radius 1 is 1.09 bits per heavy atom. The minimum atomic E-state index is -3.90. The van der Waals surface area contributed by atoms with Crippen molar-refractivity contribution in [3.05, 3.63) is 83.5 Å². The molecule has 8 heteroatoms. The van der Waals surface area contributed by atoms with Crippen molar-refractivity contribution in [1.29, 1.82) is 0 Å². The Kier molecular flexibility index (Phi) is 6.25. The lowest BCUT2D eigenvalue weighted by Gasteiger charge is -2.21. The third kappa shape index (κ3) is 4.51. The fourth-order valence-electron chi connectivity index (χ4n) is 4.39. The van der Waals surface area contributed by atoms with Crippen LogP contribution in [0.1, 0.15) is 24.8 Å². The van der Waals surface area contributed by atoms with Gasteiger partial charge in [0.05, 0.1) is 11.7 Å². The molecule has 2 aromatic heterocycles. The summed E-state index contributed by atoms with van der Waals surface area (Å²) in [5, 5.41) is 1.26. The molecule has 5 rings (SSSR count). The lowest BCUT2D eigenvalue weighted by molar-refractivity contribution is -0.122. The largest absolute Gasteiger partial charge is 0.443 e. The van der Waals surface area contributed by atoms with Crippen molar-refractivity contribution in [3.8, 4) is 11.3 Å². The minimum absolute atomic E-state index is 0.0814. The summed E-state index contributed by atoms with van der Waals surface area (Å²) in [4.78, 5) is 17.5. The molecule has 0 unspecified atom stereocenters. The van der Waals surface area contributed by atoms with Crippen molar-refractivity contribution in [3.63, 3.8) is 0 Å². The summed E-state index contributed by atoms with van der Waals surface area (Å²) in [6.07, 6.45) is 3.64. The highest BCUT2D eigenvalue weighted by Crippen LogP contribution is 2.31. The Balaban J connectivity index is 1.30. The predicted octanol–water partition coefficient (Wildman–Crippen LogP) is 5.50. The summed E-state index contributed by atoms with van der Waals surface area (Å²) in [5.74, 6) is -0.0814. The van der Waals surface area contributed by atoms with E-state index in [0.717, 1.165) is 22.2 Å². The normalized spacial score (nSPS) is 16.8. The van der Waals surface area contributed by atoms with Crippen molar-refractivity contribution in [2.45, 2.75) is 36.8 Å². The van der Waals surface area contributed by atoms with Crippen molar-refractivity contribution in [2.75, 3.05) is 6.54 Å². The van der Waals surface area contributed by atoms with Crippen LogP contribution in [0.3, 0.4) is 0 Å². The Morgan fingerprint density at radius 2 is 1.88 bits per heavy atom. The molecule has 174 valence electrons. The van der Waals surface area contributed by atoms with Crippen molar-refractivity contribution < 1.29 is 17.6 Å². The number of Topliss-reactive ketones (excluding diaryl/α,β-unsaturated/α-hetero) is 1. The molecule has 0 N–H and O–H groups in total. The summed E-state index contributed by atoms with van der Waals surface area (Å²) in [7, 11) is -3.90. The molecule has 0 spiro atoms. The highest BCUT2D eigenvalue weighted by Gasteiger charge is 2.40. The molecule has 34 heavy (non-hydrogen) atoms. The van der Waals surface area contributed by atoms with Crippen molar-refractivity contribution in [1.82, 2.24) is 9.29 Å². The molecular formula is C26H23ClN2O4S. The molecule has 1 aliphatic heterocycles. The number of pyridine rings is 1. The van der Waals surface area contributed by atoms with E-state index in [-0.39, 0.29) is 17.3 Å². The maximum absolute atomic E-state index is 13.3. The molecule has 1 atom stereocenters. The number of aromatic nitrogens is 1. The average Bonchev–Trinajstić information content (AvgIpc) is 3.51. The number of nitrogens with zero attached hydrogens (tertiary/aromatic N) is 2. The van der Waals surface area contributed by atoms with Gasteiger partial charge in [-0.05, 0) is 55.2 Å². The number of fused-ring (bicyclic) bond motifs is 1. The van der Waals surface area contributed by atoms with Crippen LogP contribution < -0.4 is 0 Å². The van der Waals surface area contributed by atoms with Crippen molar-refractivity contribution >= 4 is 38.4 Å². The maximum atomic E-state index is 13.3. The highest BCUT2D eigenvalue weighted by molar-refractivity contribution is 7.89. The van der Waals surface area contributed by atoms with Crippen LogP contribution in [0.15, 0.2) is 82.4 Å². The number of carbonyl (C=O) groups excluding carboxylic acids is 1. The first-order valence-corrected chi connectivity index (χ1v) is 13.0. The lowest BCUT2D eigenvalue weighted by Crippen LogP contribution is -2.40. The van der Waals surface area contributed by atoms with Gasteiger partial charge in [-0.15, -0.1) is 0 Å². The summed E-state index contributed by atoms with van der Waals surface area (Å²) in [6.45, 7) is 0.311. The zero-order chi connectivity index (χ0) is 23.7. The molecule has 0 radical (unpaired) electrons. The van der Waals surface area contributed by atoms with Gasteiger partial charge in [-0.1, -0.05) is 41.9 Å². The Hall–Kier alpha value is -3.00. The van der Waals surface area contributed by atoms with E-state index in [1.807, 2.05) is 42.5 Å². The number of ketones is 1. The lowest BCUT2D eigenvalue weighted by atomic mass is 10.0. The number of hydrogen-bond donors (Lipinski definition) is 0. The van der Waals surface area contributed by atoms with E-state index in [1.165, 1.54) is 10.4 Å². The molecule has 0 aliphatic carbocycles. The smallest absolute Gasteiger partial charge is 0.277 e. The molecule has 6 nitrogen and oxygen atoms in total. The highest BCUT2D eigenvalue weighted by atomic mass is 35.5. The molecule has 1 fully saturated rings. The molecule has 4 aromatic rings. The van der Waals surface area contributed by atoms with Crippen LogP contribution in [0.2, 0.25) is 5.02 Å². The fraction of sp³-hybridized carbons (Fsp3) is 0.231. The van der Waals surface area contributed by atoms with Gasteiger partial charge in [0, 0.05) is 41.2 Å². The van der Waals surface area contributed by atoms with Gasteiger partial charge >= 0.3 is 0 Å². The number of halogens is 1. The first-order valence-electron chi connectivity index (χ1n) is 11.2. The van der Waals surface area contributed by atoms with Gasteiger partial charge in [0.2, 0.25) is 5.09 Å². The third-order valence-electron chi connectivity index (χ3n) is 6.17. The predicted molar refractivity (Wildman–Crippen MR) is 131 cm³/mol. The number of carbonyl (C=O) groups is 1. The fourth-order valence-corrected chi connectivity index (χ4v) is 6.15. The number of benzene rings is 2. The monoisotopic (exact) mass is 494 g/mol. The minimum Gasteiger partial charge on any atom is -0.443 e. The van der Waals surface area contributed by atoms with E-state index in [0.29, 0.717) is 36.4 Å². The first kappa shape index (κ1) is 22.8. The second-order valence-electron chi connectivity index (χ2n) is 8.40. The van der Waals surface area contributed by atoms with Gasteiger partial charge in [0.1, 0.15) is 5.58 Å². The first-order chi connectivity index (χ1) is 16.4. The summed E-state index contributed by atoms with van der Waals surface area (Å²) in [5.41, 5.74) is 3.23. The topological polar surface area (TPSA) is 80.5 Å². The van der Waals surface area contributed by atoms with E-state index >= 15 is 0 Å². The van der Waals surface area contributed by atoms with Crippen LogP contribution in [-0.2, 0) is 21.2 Å². The number of rotatable bonds is 7. The Morgan fingerprint density at radius 3 is 2.68 bits per heavy atom. The van der Waals surface area contributed by atoms with E-state index in [1.54, 1.807) is 24.4 Å². The number of sulfonamides is 1. The second kappa shape index (κ2) is 9.33. The molecule has 2 aromatic carbocycles. The summed E-state index contributed by atoms with van der Waals surface area (Å²) >= 11 is 5.97. The van der Waals surface area contributed by atoms with Crippen LogP contribution >= 0.6 is 11.6 Å². The van der Waals surface area contributed by atoms with E-state index in [9.17, 15) is 13.2 Å². The van der Waals surface area contributed by atoms with E-state index in [4.69, 9.17) is 16.0 Å². The number of furan rings is 1. The van der Waals surface area contributed by atoms with Gasteiger partial charge in [-0.2, -0.15) is 4.31 Å².